The average Bonchev–Trinajstić information content (AvgIpc) is 3.36. The summed E-state index contributed by atoms with van der Waals surface area (Å²) in [7, 11) is 0. The number of nitrogen functional groups attached to an aromatic ring is 1. The van der Waals surface area contributed by atoms with Crippen molar-refractivity contribution in [3.8, 4) is 11.4 Å². The van der Waals surface area contributed by atoms with Crippen molar-refractivity contribution in [1.82, 2.24) is 9.78 Å². The molecule has 7 nitrogen and oxygen atoms in total. The molecule has 4 rings (SSSR count). The fourth-order valence-corrected chi connectivity index (χ4v) is 3.35. The van der Waals surface area contributed by atoms with Crippen molar-refractivity contribution in [2.24, 2.45) is 0 Å². The topological polar surface area (TPSA) is 88.6 Å². The predicted octanol–water partition coefficient (Wildman–Crippen LogP) is 3.75. The summed E-state index contributed by atoms with van der Waals surface area (Å²) in [4.78, 5) is 13.0. The van der Waals surface area contributed by atoms with Gasteiger partial charge in [0.25, 0.3) is 0 Å². The zero-order chi connectivity index (χ0) is 22.0. The lowest BCUT2D eigenvalue weighted by atomic mass is 10.1. The smallest absolute Gasteiger partial charge is 0.198 e. The molecule has 1 aliphatic heterocycles. The van der Waals surface area contributed by atoms with Crippen LogP contribution in [-0.2, 0) is 9.47 Å². The van der Waals surface area contributed by atoms with Gasteiger partial charge in [-0.2, -0.15) is 5.10 Å². The largest absolute Gasteiger partial charge is 0.491 e. The lowest BCUT2D eigenvalue weighted by molar-refractivity contribution is -0.157. The van der Waals surface area contributed by atoms with Gasteiger partial charge in [-0.05, 0) is 49.7 Å². The third-order valence-electron chi connectivity index (χ3n) is 5.29. The van der Waals surface area contributed by atoms with Gasteiger partial charge in [-0.3, -0.25) is 4.79 Å². The second kappa shape index (κ2) is 8.49. The van der Waals surface area contributed by atoms with Crippen LogP contribution >= 0.6 is 0 Å². The van der Waals surface area contributed by atoms with Crippen molar-refractivity contribution in [3.63, 3.8) is 0 Å². The molecule has 1 aliphatic rings. The molecule has 1 saturated heterocycles. The fourth-order valence-electron chi connectivity index (χ4n) is 3.35. The van der Waals surface area contributed by atoms with Gasteiger partial charge in [-0.1, -0.05) is 19.1 Å². The molecule has 0 bridgehead atoms. The summed E-state index contributed by atoms with van der Waals surface area (Å²) in [5.41, 5.74) is 7.40. The zero-order valence-corrected chi connectivity index (χ0v) is 17.4. The van der Waals surface area contributed by atoms with E-state index in [1.807, 2.05) is 13.8 Å². The van der Waals surface area contributed by atoms with Crippen LogP contribution < -0.4 is 10.5 Å². The van der Waals surface area contributed by atoms with Gasteiger partial charge in [0.15, 0.2) is 11.6 Å². The summed E-state index contributed by atoms with van der Waals surface area (Å²) in [6.45, 7) is 4.69. The van der Waals surface area contributed by atoms with Crippen LogP contribution in [0, 0.1) is 5.82 Å². The molecule has 8 heteroatoms. The molecule has 1 unspecified atom stereocenters. The number of anilines is 1. The van der Waals surface area contributed by atoms with Gasteiger partial charge in [-0.15, -0.1) is 0 Å². The lowest BCUT2D eigenvalue weighted by Crippen LogP contribution is -2.27. The van der Waals surface area contributed by atoms with Crippen LogP contribution in [0.1, 0.15) is 36.2 Å². The minimum absolute atomic E-state index is 0.172. The second-order valence-corrected chi connectivity index (χ2v) is 7.54. The Bertz CT molecular complexity index is 1080. The van der Waals surface area contributed by atoms with Crippen LogP contribution in [0.4, 0.5) is 10.2 Å². The molecule has 0 saturated carbocycles. The van der Waals surface area contributed by atoms with E-state index >= 15 is 0 Å². The molecular formula is C23H24FN3O4. The van der Waals surface area contributed by atoms with Crippen molar-refractivity contribution in [2.45, 2.75) is 32.2 Å². The van der Waals surface area contributed by atoms with E-state index in [-0.39, 0.29) is 29.1 Å². The molecule has 1 fully saturated rings. The average molecular weight is 425 g/mol. The first-order valence-electron chi connectivity index (χ1n) is 10.1. The molecule has 0 radical (unpaired) electrons. The molecule has 3 aromatic rings. The van der Waals surface area contributed by atoms with E-state index in [0.29, 0.717) is 30.2 Å². The molecule has 2 atom stereocenters. The maximum Gasteiger partial charge on any atom is 0.198 e. The van der Waals surface area contributed by atoms with Crippen molar-refractivity contribution < 1.29 is 23.4 Å². The number of nitrogens with zero attached hydrogens (tertiary/aromatic N) is 2. The van der Waals surface area contributed by atoms with Crippen LogP contribution in [0.3, 0.4) is 0 Å². The number of ether oxygens (including phenoxy) is 3. The van der Waals surface area contributed by atoms with Gasteiger partial charge in [-0.25, -0.2) is 9.07 Å². The highest BCUT2D eigenvalue weighted by molar-refractivity contribution is 6.11. The second-order valence-electron chi connectivity index (χ2n) is 7.54. The molecule has 0 spiro atoms. The number of nitrogens with two attached hydrogens (primary N) is 1. The van der Waals surface area contributed by atoms with Crippen LogP contribution in [0.2, 0.25) is 0 Å². The molecule has 31 heavy (non-hydrogen) atoms. The van der Waals surface area contributed by atoms with E-state index in [2.05, 4.69) is 5.10 Å². The number of halogens is 1. The third-order valence-corrected chi connectivity index (χ3v) is 5.29. The monoisotopic (exact) mass is 425 g/mol. The first-order chi connectivity index (χ1) is 14.9. The van der Waals surface area contributed by atoms with E-state index in [4.69, 9.17) is 19.9 Å². The number of hydrogen-bond donors (Lipinski definition) is 1. The maximum absolute atomic E-state index is 13.2. The first kappa shape index (κ1) is 21.0. The zero-order valence-electron chi connectivity index (χ0n) is 17.4. The summed E-state index contributed by atoms with van der Waals surface area (Å²) < 4.78 is 31.9. The fraction of sp³-hybridized carbons (Fsp3) is 0.304. The number of carbonyl (C=O) groups is 1. The summed E-state index contributed by atoms with van der Waals surface area (Å²) >= 11 is 0. The van der Waals surface area contributed by atoms with Crippen molar-refractivity contribution in [3.05, 3.63) is 71.7 Å². The minimum Gasteiger partial charge on any atom is -0.491 e. The van der Waals surface area contributed by atoms with Crippen LogP contribution in [0.15, 0.2) is 54.7 Å². The van der Waals surface area contributed by atoms with Crippen LogP contribution in [0.25, 0.3) is 5.69 Å². The summed E-state index contributed by atoms with van der Waals surface area (Å²) in [6, 6.07) is 12.6. The molecule has 2 aromatic carbocycles. The highest BCUT2D eigenvalue weighted by atomic mass is 19.1. The number of carbonyl (C=O) groups excluding carboxylic acids is 1. The van der Waals surface area contributed by atoms with Gasteiger partial charge in [0, 0.05) is 5.56 Å². The van der Waals surface area contributed by atoms with Gasteiger partial charge in [0.2, 0.25) is 0 Å². The van der Waals surface area contributed by atoms with Crippen molar-refractivity contribution >= 4 is 11.6 Å². The van der Waals surface area contributed by atoms with Crippen LogP contribution in [-0.4, -0.2) is 40.7 Å². The predicted molar refractivity (Wildman–Crippen MR) is 113 cm³/mol. The number of hydrogen-bond acceptors (Lipinski definition) is 6. The third kappa shape index (κ3) is 4.45. The van der Waals surface area contributed by atoms with Crippen molar-refractivity contribution in [1.29, 1.82) is 0 Å². The molecule has 2 N–H and O–H groups in total. The maximum atomic E-state index is 13.2. The Morgan fingerprint density at radius 2 is 2.10 bits per heavy atom. The van der Waals surface area contributed by atoms with E-state index in [9.17, 15) is 9.18 Å². The molecule has 2 heterocycles. The number of rotatable bonds is 7. The van der Waals surface area contributed by atoms with Crippen LogP contribution in [0.5, 0.6) is 5.75 Å². The lowest BCUT2D eigenvalue weighted by Gasteiger charge is -2.21. The molecule has 0 amide bonds. The van der Waals surface area contributed by atoms with Gasteiger partial charge < -0.3 is 19.9 Å². The highest BCUT2D eigenvalue weighted by Gasteiger charge is 2.35. The number of ketones is 1. The number of aromatic nitrogens is 2. The molecule has 162 valence electrons. The quantitative estimate of drug-likeness (QED) is 0.580. The Morgan fingerprint density at radius 1 is 1.32 bits per heavy atom. The summed E-state index contributed by atoms with van der Waals surface area (Å²) in [6.07, 6.45) is 1.98. The Labute approximate surface area is 179 Å². The van der Waals surface area contributed by atoms with Gasteiger partial charge in [0.1, 0.15) is 30.1 Å². The molecule has 0 aliphatic carbocycles. The first-order valence-corrected chi connectivity index (χ1v) is 10.1. The Kier molecular flexibility index (Phi) is 5.75. The highest BCUT2D eigenvalue weighted by Crippen LogP contribution is 2.27. The summed E-state index contributed by atoms with van der Waals surface area (Å²) in [5, 5.41) is 4.18. The van der Waals surface area contributed by atoms with Gasteiger partial charge in [0.05, 0.1) is 24.1 Å². The SMILES string of the molecule is CCC1(C)OC[C@H](COc2cccc(C(=O)c3cnn(-c4ccc(F)cc4)c3N)c2)O1. The van der Waals surface area contributed by atoms with E-state index in [1.54, 1.807) is 36.4 Å². The summed E-state index contributed by atoms with van der Waals surface area (Å²) in [5.74, 6) is -0.497. The Hall–Kier alpha value is -3.23. The minimum atomic E-state index is -0.575. The normalized spacial score (nSPS) is 20.7. The van der Waals surface area contributed by atoms with E-state index in [0.717, 1.165) is 6.42 Å². The van der Waals surface area contributed by atoms with Gasteiger partial charge >= 0.3 is 0 Å². The Balaban J connectivity index is 1.47. The molecular weight excluding hydrogens is 401 g/mol. The molecule has 1 aromatic heterocycles. The van der Waals surface area contributed by atoms with E-state index in [1.165, 1.54) is 23.0 Å². The number of benzene rings is 2. The van der Waals surface area contributed by atoms with Crippen molar-refractivity contribution in [2.75, 3.05) is 18.9 Å². The Morgan fingerprint density at radius 3 is 2.81 bits per heavy atom. The standard InChI is InChI=1S/C23H24FN3O4/c1-3-23(2)30-14-19(31-23)13-29-18-6-4-5-15(11-18)21(28)20-12-26-27(22(20)25)17-9-7-16(24)8-10-17/h4-12,19H,3,13-14,25H2,1-2H3/t19-,23?/m0/s1. The van der Waals surface area contributed by atoms with E-state index < -0.39 is 5.79 Å².